The van der Waals surface area contributed by atoms with Crippen LogP contribution in [0, 0.1) is 5.41 Å². The van der Waals surface area contributed by atoms with Gasteiger partial charge in [0.1, 0.15) is 5.82 Å². The molecule has 2 heterocycles. The second kappa shape index (κ2) is 11.2. The zero-order chi connectivity index (χ0) is 26.5. The number of thiazole rings is 1. The van der Waals surface area contributed by atoms with Gasteiger partial charge in [-0.1, -0.05) is 24.8 Å². The van der Waals surface area contributed by atoms with Gasteiger partial charge in [-0.2, -0.15) is 0 Å². The number of carboxylic acids is 1. The minimum atomic E-state index is -0.765. The first-order valence-electron chi connectivity index (χ1n) is 11.6. The number of allylic oxidation sites excluding steroid dienone is 1. The first kappa shape index (κ1) is 26.7. The van der Waals surface area contributed by atoms with Crippen molar-refractivity contribution in [3.8, 4) is 0 Å². The van der Waals surface area contributed by atoms with Crippen LogP contribution in [0.5, 0.6) is 0 Å². The largest absolute Gasteiger partial charge is 0.481 e. The molecule has 0 bridgehead atoms. The van der Waals surface area contributed by atoms with Crippen molar-refractivity contribution in [1.82, 2.24) is 15.2 Å². The fraction of sp³-hybridized carbons (Fsp3) is 0.375. The van der Waals surface area contributed by atoms with E-state index in [2.05, 4.69) is 27.2 Å². The fourth-order valence-electron chi connectivity index (χ4n) is 4.09. The zero-order valence-corrected chi connectivity index (χ0v) is 21.2. The van der Waals surface area contributed by atoms with Gasteiger partial charge in [-0.25, -0.2) is 14.8 Å². The highest BCUT2D eigenvalue weighted by atomic mass is 32.1. The van der Waals surface area contributed by atoms with Crippen molar-refractivity contribution in [1.29, 1.82) is 0 Å². The van der Waals surface area contributed by atoms with Gasteiger partial charge >= 0.3 is 12.0 Å². The Balaban J connectivity index is 1.82. The lowest BCUT2D eigenvalue weighted by Gasteiger charge is -2.39. The molecule has 0 atom stereocenters. The molecule has 0 radical (unpaired) electrons. The third kappa shape index (κ3) is 5.65. The Morgan fingerprint density at radius 3 is 2.56 bits per heavy atom. The topological polar surface area (TPSA) is 176 Å². The van der Waals surface area contributed by atoms with Gasteiger partial charge in [0, 0.05) is 37.6 Å². The highest BCUT2D eigenvalue weighted by molar-refractivity contribution is 7.22. The lowest BCUT2D eigenvalue weighted by atomic mass is 9.76. The Morgan fingerprint density at radius 2 is 2.00 bits per heavy atom. The molecule has 2 aromatic rings. The average molecular weight is 514 g/mol. The summed E-state index contributed by atoms with van der Waals surface area (Å²) in [4.78, 5) is 46.5. The number of nitrogens with one attached hydrogen (secondary N) is 2. The van der Waals surface area contributed by atoms with Gasteiger partial charge in [-0.05, 0) is 43.9 Å². The molecule has 1 aliphatic rings. The zero-order valence-electron chi connectivity index (χ0n) is 20.3. The number of anilines is 1. The van der Waals surface area contributed by atoms with Crippen molar-refractivity contribution in [2.45, 2.75) is 33.1 Å². The number of hydrogen-bond donors (Lipinski definition) is 5. The number of nitrogens with two attached hydrogens (primary N) is 2. The summed E-state index contributed by atoms with van der Waals surface area (Å²) in [7, 11) is 0. The molecule has 1 fully saturated rings. The number of urea groups is 1. The number of aromatic nitrogens is 1. The standard InChI is InChI=1S/C24H31N7O4S/c1-4-24(21(33)34)6-8-31(9-7-24)14(3)28-13-16(12-25)15-10-17(20(26)32)19-18(11-15)29-23(36-19)30-22(35)27-5-2/h10-13H,3-9,25H2,1-2H3,(H2,26,32)(H,33,34)(H2,27,29,30,35)/b16-12+,28-13-. The summed E-state index contributed by atoms with van der Waals surface area (Å²) >= 11 is 1.14. The molecule has 3 amide bonds. The number of fused-ring (bicyclic) bond motifs is 1. The Bertz CT molecular complexity index is 1240. The van der Waals surface area contributed by atoms with E-state index in [1.165, 1.54) is 12.4 Å². The number of piperidine rings is 1. The number of rotatable bonds is 9. The van der Waals surface area contributed by atoms with Crippen molar-refractivity contribution in [2.24, 2.45) is 21.9 Å². The van der Waals surface area contributed by atoms with Crippen LogP contribution in [0.1, 0.15) is 49.0 Å². The van der Waals surface area contributed by atoms with Crippen molar-refractivity contribution in [3.63, 3.8) is 0 Å². The molecular formula is C24H31N7O4S. The van der Waals surface area contributed by atoms with Gasteiger partial charge in [0.05, 0.1) is 21.2 Å². The molecule has 7 N–H and O–H groups in total. The minimum Gasteiger partial charge on any atom is -0.481 e. The van der Waals surface area contributed by atoms with E-state index < -0.39 is 23.3 Å². The Kier molecular flexibility index (Phi) is 8.30. The molecule has 0 spiro atoms. The number of benzene rings is 1. The third-order valence-electron chi connectivity index (χ3n) is 6.39. The van der Waals surface area contributed by atoms with Crippen LogP contribution in [-0.2, 0) is 4.79 Å². The van der Waals surface area contributed by atoms with Crippen molar-refractivity contribution in [2.75, 3.05) is 25.0 Å². The second-order valence-corrected chi connectivity index (χ2v) is 9.46. The number of carbonyl (C=O) groups excluding carboxylic acids is 2. The molecule has 1 aromatic carbocycles. The number of aliphatic carboxylic acids is 1. The van der Waals surface area contributed by atoms with Gasteiger partial charge in [0.15, 0.2) is 5.13 Å². The maximum absolute atomic E-state index is 12.2. The number of amides is 3. The highest BCUT2D eigenvalue weighted by Crippen LogP contribution is 2.36. The molecule has 0 saturated carbocycles. The molecule has 1 saturated heterocycles. The lowest BCUT2D eigenvalue weighted by Crippen LogP contribution is -2.43. The van der Waals surface area contributed by atoms with E-state index in [4.69, 9.17) is 11.5 Å². The predicted molar refractivity (Wildman–Crippen MR) is 142 cm³/mol. The number of aliphatic imine (C=N–C) groups is 1. The summed E-state index contributed by atoms with van der Waals surface area (Å²) in [6.07, 6.45) is 4.50. The highest BCUT2D eigenvalue weighted by Gasteiger charge is 2.40. The number of primary amides is 1. The van der Waals surface area contributed by atoms with Crippen LogP contribution in [0.15, 0.2) is 35.7 Å². The van der Waals surface area contributed by atoms with Gasteiger partial charge in [-0.3, -0.25) is 14.9 Å². The smallest absolute Gasteiger partial charge is 0.321 e. The number of hydrogen-bond acceptors (Lipinski definition) is 8. The van der Waals surface area contributed by atoms with Crippen LogP contribution in [0.3, 0.4) is 0 Å². The monoisotopic (exact) mass is 513 g/mol. The number of carboxylic acid groups (broad SMARTS) is 1. The third-order valence-corrected chi connectivity index (χ3v) is 7.41. The number of nitrogens with zero attached hydrogens (tertiary/aromatic N) is 3. The maximum Gasteiger partial charge on any atom is 0.321 e. The molecule has 192 valence electrons. The summed E-state index contributed by atoms with van der Waals surface area (Å²) in [5, 5.41) is 15.2. The van der Waals surface area contributed by atoms with E-state index in [1.807, 2.05) is 11.8 Å². The first-order valence-corrected chi connectivity index (χ1v) is 12.4. The van der Waals surface area contributed by atoms with Crippen molar-refractivity contribution >= 4 is 56.4 Å². The van der Waals surface area contributed by atoms with Crippen LogP contribution in [0.25, 0.3) is 15.8 Å². The van der Waals surface area contributed by atoms with Gasteiger partial charge in [0.2, 0.25) is 5.91 Å². The first-order chi connectivity index (χ1) is 17.1. The molecular weight excluding hydrogens is 482 g/mol. The average Bonchev–Trinajstić information content (AvgIpc) is 3.25. The van der Waals surface area contributed by atoms with Gasteiger partial charge in [0.25, 0.3) is 0 Å². The van der Waals surface area contributed by atoms with Crippen LogP contribution in [0.4, 0.5) is 9.93 Å². The molecule has 3 rings (SSSR count). The van der Waals surface area contributed by atoms with Crippen molar-refractivity contribution in [3.05, 3.63) is 41.9 Å². The Hall–Kier alpha value is -3.93. The van der Waals surface area contributed by atoms with E-state index in [0.29, 0.717) is 71.2 Å². The van der Waals surface area contributed by atoms with E-state index in [-0.39, 0.29) is 5.56 Å². The lowest BCUT2D eigenvalue weighted by molar-refractivity contribution is -0.152. The molecule has 11 nitrogen and oxygen atoms in total. The van der Waals surface area contributed by atoms with Crippen LogP contribution in [0.2, 0.25) is 0 Å². The maximum atomic E-state index is 12.2. The van der Waals surface area contributed by atoms with Gasteiger partial charge < -0.3 is 26.8 Å². The second-order valence-electron chi connectivity index (χ2n) is 8.46. The fourth-order valence-corrected chi connectivity index (χ4v) is 5.05. The van der Waals surface area contributed by atoms with Crippen LogP contribution >= 0.6 is 11.3 Å². The minimum absolute atomic E-state index is 0.246. The van der Waals surface area contributed by atoms with Gasteiger partial charge in [-0.15, -0.1) is 0 Å². The molecule has 12 heteroatoms. The predicted octanol–water partition coefficient (Wildman–Crippen LogP) is 2.96. The normalized spacial score (nSPS) is 15.7. The molecule has 36 heavy (non-hydrogen) atoms. The summed E-state index contributed by atoms with van der Waals surface area (Å²) in [5.74, 6) is -0.916. The molecule has 0 aliphatic carbocycles. The number of likely N-dealkylation sites (tertiary alicyclic amines) is 1. The Labute approximate surface area is 213 Å². The van der Waals surface area contributed by atoms with E-state index in [9.17, 15) is 19.5 Å². The molecule has 1 aromatic heterocycles. The quantitative estimate of drug-likeness (QED) is 0.320. The van der Waals surface area contributed by atoms with Crippen LogP contribution in [-0.4, -0.2) is 58.7 Å². The van der Waals surface area contributed by atoms with Crippen LogP contribution < -0.4 is 22.1 Å². The summed E-state index contributed by atoms with van der Waals surface area (Å²) < 4.78 is 0.543. The summed E-state index contributed by atoms with van der Waals surface area (Å²) in [6, 6.07) is 2.94. The van der Waals surface area contributed by atoms with E-state index in [0.717, 1.165) is 11.3 Å². The summed E-state index contributed by atoms with van der Waals surface area (Å²) in [6.45, 7) is 9.25. The SMILES string of the molecule is C=C(/N=C\C(=C/N)c1cc(C(N)=O)c2sc(NC(=O)NCC)nc2c1)N1CCC(CC)(C(=O)O)CC1. The summed E-state index contributed by atoms with van der Waals surface area (Å²) in [5.41, 5.74) is 12.6. The number of carbonyl (C=O) groups is 3. The van der Waals surface area contributed by atoms with E-state index in [1.54, 1.807) is 19.1 Å². The molecule has 0 unspecified atom stereocenters. The molecule has 1 aliphatic heterocycles. The van der Waals surface area contributed by atoms with E-state index >= 15 is 0 Å². The van der Waals surface area contributed by atoms with Crippen molar-refractivity contribution < 1.29 is 19.5 Å². The Morgan fingerprint density at radius 1 is 1.31 bits per heavy atom.